The lowest BCUT2D eigenvalue weighted by atomic mass is 10.0. The van der Waals surface area contributed by atoms with Crippen LogP contribution in [0.2, 0.25) is 0 Å². The van der Waals surface area contributed by atoms with E-state index in [-0.39, 0.29) is 5.69 Å². The maximum absolute atomic E-state index is 11.2. The van der Waals surface area contributed by atoms with Crippen LogP contribution in [0.25, 0.3) is 11.1 Å². The van der Waals surface area contributed by atoms with Crippen molar-refractivity contribution >= 4 is 5.97 Å². The minimum atomic E-state index is -1.04. The molecule has 0 aliphatic carbocycles. The molecule has 0 bridgehead atoms. The fraction of sp³-hybridized carbons (Fsp3) is 0.250. The third-order valence-corrected chi connectivity index (χ3v) is 3.18. The van der Waals surface area contributed by atoms with Crippen molar-refractivity contribution in [1.29, 1.82) is 0 Å². The molecule has 0 radical (unpaired) electrons. The van der Waals surface area contributed by atoms with Crippen molar-refractivity contribution in [3.63, 3.8) is 0 Å². The Morgan fingerprint density at radius 3 is 2.52 bits per heavy atom. The zero-order valence-electron chi connectivity index (χ0n) is 12.2. The molecule has 0 spiro atoms. The topological polar surface area (TPSA) is 68.7 Å². The van der Waals surface area contributed by atoms with E-state index in [9.17, 15) is 9.90 Å². The van der Waals surface area contributed by atoms with E-state index in [1.807, 2.05) is 25.1 Å². The first-order valence-electron chi connectivity index (χ1n) is 6.55. The van der Waals surface area contributed by atoms with Crippen LogP contribution in [0, 0.1) is 0 Å². The molecule has 0 saturated carbocycles. The van der Waals surface area contributed by atoms with Gasteiger partial charge in [0.2, 0.25) is 0 Å². The van der Waals surface area contributed by atoms with Crippen molar-refractivity contribution in [2.45, 2.75) is 13.3 Å². The van der Waals surface area contributed by atoms with Crippen LogP contribution in [0.5, 0.6) is 11.5 Å². The van der Waals surface area contributed by atoms with Crippen molar-refractivity contribution < 1.29 is 19.4 Å². The summed E-state index contributed by atoms with van der Waals surface area (Å²) in [6, 6.07) is 8.84. The van der Waals surface area contributed by atoms with Gasteiger partial charge in [0, 0.05) is 17.3 Å². The molecule has 2 rings (SSSR count). The van der Waals surface area contributed by atoms with E-state index in [0.717, 1.165) is 16.8 Å². The van der Waals surface area contributed by atoms with Gasteiger partial charge in [0.1, 0.15) is 17.2 Å². The average molecular weight is 287 g/mol. The van der Waals surface area contributed by atoms with Crippen LogP contribution in [0.3, 0.4) is 0 Å². The van der Waals surface area contributed by atoms with Crippen LogP contribution in [0.4, 0.5) is 0 Å². The van der Waals surface area contributed by atoms with Gasteiger partial charge in [0.25, 0.3) is 0 Å². The number of methoxy groups -OCH3 is 2. The number of aromatic nitrogens is 1. The second kappa shape index (κ2) is 6.26. The van der Waals surface area contributed by atoms with E-state index in [1.54, 1.807) is 26.4 Å². The highest BCUT2D eigenvalue weighted by atomic mass is 16.5. The number of hydrogen-bond acceptors (Lipinski definition) is 4. The summed E-state index contributed by atoms with van der Waals surface area (Å²) in [5, 5.41) is 9.17. The van der Waals surface area contributed by atoms with Crippen LogP contribution in [-0.4, -0.2) is 30.3 Å². The molecule has 5 heteroatoms. The molecule has 2 aromatic rings. The number of carboxylic acid groups (broad SMARTS) is 1. The molecular weight excluding hydrogens is 270 g/mol. The lowest BCUT2D eigenvalue weighted by molar-refractivity contribution is 0.0690. The normalized spacial score (nSPS) is 10.2. The molecule has 21 heavy (non-hydrogen) atoms. The number of ether oxygens (including phenoxy) is 2. The minimum absolute atomic E-state index is 0.0298. The standard InChI is InChI=1S/C16H17NO4/c1-4-11-7-10(8-14(17-11)16(18)19)13-6-5-12(20-2)9-15(13)21-3/h5-9H,4H2,1-3H3,(H,18,19). The maximum atomic E-state index is 11.2. The quantitative estimate of drug-likeness (QED) is 0.915. The highest BCUT2D eigenvalue weighted by Gasteiger charge is 2.13. The summed E-state index contributed by atoms with van der Waals surface area (Å²) < 4.78 is 10.5. The van der Waals surface area contributed by atoms with E-state index >= 15 is 0 Å². The smallest absolute Gasteiger partial charge is 0.354 e. The molecule has 0 atom stereocenters. The van der Waals surface area contributed by atoms with Gasteiger partial charge in [-0.15, -0.1) is 0 Å². The van der Waals surface area contributed by atoms with Gasteiger partial charge in [0.05, 0.1) is 14.2 Å². The van der Waals surface area contributed by atoms with Crippen LogP contribution < -0.4 is 9.47 Å². The first-order chi connectivity index (χ1) is 10.1. The lowest BCUT2D eigenvalue weighted by Crippen LogP contribution is -2.03. The Labute approximate surface area is 123 Å². The molecule has 0 amide bonds. The fourth-order valence-corrected chi connectivity index (χ4v) is 2.07. The average Bonchev–Trinajstić information content (AvgIpc) is 2.53. The van der Waals surface area contributed by atoms with E-state index in [2.05, 4.69) is 4.98 Å². The number of aromatic carboxylic acids is 1. The van der Waals surface area contributed by atoms with Gasteiger partial charge in [-0.1, -0.05) is 6.92 Å². The number of hydrogen-bond donors (Lipinski definition) is 1. The number of pyridine rings is 1. The molecule has 0 aliphatic rings. The largest absolute Gasteiger partial charge is 0.497 e. The summed E-state index contributed by atoms with van der Waals surface area (Å²) in [7, 11) is 3.15. The van der Waals surface area contributed by atoms with Crippen molar-refractivity contribution in [2.24, 2.45) is 0 Å². The molecule has 1 aromatic carbocycles. The first kappa shape index (κ1) is 14.8. The number of aryl methyl sites for hydroxylation is 1. The van der Waals surface area contributed by atoms with E-state index in [0.29, 0.717) is 17.9 Å². The van der Waals surface area contributed by atoms with Gasteiger partial charge in [-0.25, -0.2) is 9.78 Å². The third kappa shape index (κ3) is 3.13. The van der Waals surface area contributed by atoms with Gasteiger partial charge in [-0.05, 0) is 36.2 Å². The van der Waals surface area contributed by atoms with Crippen molar-refractivity contribution in [2.75, 3.05) is 14.2 Å². The number of nitrogens with zero attached hydrogens (tertiary/aromatic N) is 1. The highest BCUT2D eigenvalue weighted by Crippen LogP contribution is 2.33. The van der Waals surface area contributed by atoms with E-state index in [1.165, 1.54) is 0 Å². The summed E-state index contributed by atoms with van der Waals surface area (Å²) in [6.07, 6.45) is 0.659. The molecule has 1 aromatic heterocycles. The SMILES string of the molecule is CCc1cc(-c2ccc(OC)cc2OC)cc(C(=O)O)n1. The Morgan fingerprint density at radius 1 is 1.19 bits per heavy atom. The van der Waals surface area contributed by atoms with Crippen LogP contribution >= 0.6 is 0 Å². The number of benzene rings is 1. The third-order valence-electron chi connectivity index (χ3n) is 3.18. The summed E-state index contributed by atoms with van der Waals surface area (Å²) in [5.74, 6) is 0.261. The predicted octanol–water partition coefficient (Wildman–Crippen LogP) is 3.03. The van der Waals surface area contributed by atoms with Gasteiger partial charge < -0.3 is 14.6 Å². The fourth-order valence-electron chi connectivity index (χ4n) is 2.07. The molecule has 1 N–H and O–H groups in total. The number of carbonyl (C=O) groups is 1. The summed E-state index contributed by atoms with van der Waals surface area (Å²) in [4.78, 5) is 15.3. The predicted molar refractivity (Wildman–Crippen MR) is 79.1 cm³/mol. The van der Waals surface area contributed by atoms with Crippen molar-refractivity contribution in [3.8, 4) is 22.6 Å². The zero-order chi connectivity index (χ0) is 15.4. The van der Waals surface area contributed by atoms with E-state index < -0.39 is 5.97 Å². The van der Waals surface area contributed by atoms with Gasteiger partial charge in [-0.3, -0.25) is 0 Å². The van der Waals surface area contributed by atoms with Crippen LogP contribution in [-0.2, 0) is 6.42 Å². The second-order valence-corrected chi connectivity index (χ2v) is 4.46. The summed E-state index contributed by atoms with van der Waals surface area (Å²) >= 11 is 0. The second-order valence-electron chi connectivity index (χ2n) is 4.46. The Morgan fingerprint density at radius 2 is 1.95 bits per heavy atom. The summed E-state index contributed by atoms with van der Waals surface area (Å²) in [6.45, 7) is 1.93. The van der Waals surface area contributed by atoms with Crippen molar-refractivity contribution in [1.82, 2.24) is 4.98 Å². The Kier molecular flexibility index (Phi) is 4.42. The van der Waals surface area contributed by atoms with Crippen LogP contribution in [0.1, 0.15) is 23.1 Å². The van der Waals surface area contributed by atoms with Crippen LogP contribution in [0.15, 0.2) is 30.3 Å². The molecule has 5 nitrogen and oxygen atoms in total. The highest BCUT2D eigenvalue weighted by molar-refractivity contribution is 5.88. The zero-order valence-corrected chi connectivity index (χ0v) is 12.2. The maximum Gasteiger partial charge on any atom is 0.354 e. The molecule has 110 valence electrons. The van der Waals surface area contributed by atoms with E-state index in [4.69, 9.17) is 9.47 Å². The number of carboxylic acids is 1. The Bertz CT molecular complexity index is 667. The summed E-state index contributed by atoms with van der Waals surface area (Å²) in [5.41, 5.74) is 2.32. The molecule has 0 unspecified atom stereocenters. The minimum Gasteiger partial charge on any atom is -0.497 e. The van der Waals surface area contributed by atoms with Gasteiger partial charge in [0.15, 0.2) is 0 Å². The monoisotopic (exact) mass is 287 g/mol. The first-order valence-corrected chi connectivity index (χ1v) is 6.55. The van der Waals surface area contributed by atoms with Gasteiger partial charge >= 0.3 is 5.97 Å². The number of rotatable bonds is 5. The molecular formula is C16H17NO4. The Hall–Kier alpha value is -2.56. The molecule has 1 heterocycles. The Balaban J connectivity index is 2.60. The molecule has 0 aliphatic heterocycles. The van der Waals surface area contributed by atoms with Crippen molar-refractivity contribution in [3.05, 3.63) is 41.7 Å². The molecule has 0 saturated heterocycles. The van der Waals surface area contributed by atoms with Gasteiger partial charge in [-0.2, -0.15) is 0 Å². The lowest BCUT2D eigenvalue weighted by Gasteiger charge is -2.12. The molecule has 0 fully saturated rings.